The molecule has 0 aliphatic heterocycles. The molecule has 1 aromatic heterocycles. The Morgan fingerprint density at radius 3 is 2.48 bits per heavy atom. The van der Waals surface area contributed by atoms with Crippen molar-refractivity contribution in [2.75, 3.05) is 10.6 Å². The van der Waals surface area contributed by atoms with E-state index in [4.69, 9.17) is 0 Å². The van der Waals surface area contributed by atoms with Gasteiger partial charge in [-0.3, -0.25) is 0 Å². The number of nitrogens with one attached hydrogen (secondary N) is 2. The zero-order valence-electron chi connectivity index (χ0n) is 12.8. The molecule has 3 rings (SSSR count). The monoisotopic (exact) mass is 368 g/mol. The first-order valence-corrected chi connectivity index (χ1v) is 8.15. The summed E-state index contributed by atoms with van der Waals surface area (Å²) >= 11 is 3.53. The SMILES string of the molecule is Cc1cc(Nc2ccccc2Br)nc(NCc2ccccc2)n1. The molecule has 0 bridgehead atoms. The topological polar surface area (TPSA) is 49.8 Å². The minimum atomic E-state index is 0.614. The average Bonchev–Trinajstić information content (AvgIpc) is 2.56. The van der Waals surface area contributed by atoms with Crippen LogP contribution >= 0.6 is 15.9 Å². The molecular weight excluding hydrogens is 352 g/mol. The van der Waals surface area contributed by atoms with Crippen LogP contribution < -0.4 is 10.6 Å². The second-order valence-electron chi connectivity index (χ2n) is 5.16. The Bertz CT molecular complexity index is 790. The van der Waals surface area contributed by atoms with Crippen LogP contribution in [0.15, 0.2) is 65.1 Å². The first kappa shape index (κ1) is 15.5. The summed E-state index contributed by atoms with van der Waals surface area (Å²) in [5.41, 5.74) is 3.07. The van der Waals surface area contributed by atoms with Gasteiger partial charge in [0.1, 0.15) is 5.82 Å². The summed E-state index contributed by atoms with van der Waals surface area (Å²) in [6.45, 7) is 2.65. The van der Waals surface area contributed by atoms with Gasteiger partial charge < -0.3 is 10.6 Å². The Morgan fingerprint density at radius 1 is 0.957 bits per heavy atom. The number of halogens is 1. The number of anilines is 3. The zero-order chi connectivity index (χ0) is 16.1. The fourth-order valence-corrected chi connectivity index (χ4v) is 2.57. The van der Waals surface area contributed by atoms with Gasteiger partial charge in [0.25, 0.3) is 0 Å². The molecule has 0 spiro atoms. The number of rotatable bonds is 5. The molecule has 0 saturated heterocycles. The van der Waals surface area contributed by atoms with E-state index in [0.717, 1.165) is 21.7 Å². The van der Waals surface area contributed by atoms with Crippen molar-refractivity contribution < 1.29 is 0 Å². The van der Waals surface area contributed by atoms with Gasteiger partial charge in [0.05, 0.1) is 5.69 Å². The van der Waals surface area contributed by atoms with Crippen LogP contribution in [0.5, 0.6) is 0 Å². The van der Waals surface area contributed by atoms with Crippen molar-refractivity contribution in [3.63, 3.8) is 0 Å². The molecule has 116 valence electrons. The molecule has 4 nitrogen and oxygen atoms in total. The van der Waals surface area contributed by atoms with Gasteiger partial charge in [-0.2, -0.15) is 4.98 Å². The molecule has 5 heteroatoms. The summed E-state index contributed by atoms with van der Waals surface area (Å²) in [7, 11) is 0. The summed E-state index contributed by atoms with van der Waals surface area (Å²) in [5, 5.41) is 6.58. The quantitative estimate of drug-likeness (QED) is 0.672. The minimum Gasteiger partial charge on any atom is -0.350 e. The standard InChI is InChI=1S/C18H17BrN4/c1-13-11-17(22-16-10-6-5-9-15(16)19)23-18(21-13)20-12-14-7-3-2-4-8-14/h2-11H,12H2,1H3,(H2,20,21,22,23). The second kappa shape index (κ2) is 7.24. The fraction of sp³-hybridized carbons (Fsp3) is 0.111. The van der Waals surface area contributed by atoms with Crippen LogP contribution in [0, 0.1) is 6.92 Å². The van der Waals surface area contributed by atoms with E-state index in [2.05, 4.69) is 48.7 Å². The third kappa shape index (κ3) is 4.29. The molecule has 0 aliphatic carbocycles. The van der Waals surface area contributed by atoms with E-state index in [9.17, 15) is 0 Å². The number of benzene rings is 2. The number of aryl methyl sites for hydroxylation is 1. The third-order valence-corrected chi connectivity index (χ3v) is 3.98. The van der Waals surface area contributed by atoms with Gasteiger partial charge in [0, 0.05) is 22.8 Å². The average molecular weight is 369 g/mol. The molecule has 0 saturated carbocycles. The normalized spacial score (nSPS) is 10.3. The van der Waals surface area contributed by atoms with Crippen molar-refractivity contribution in [1.82, 2.24) is 9.97 Å². The lowest BCUT2D eigenvalue weighted by atomic mass is 10.2. The molecule has 0 amide bonds. The van der Waals surface area contributed by atoms with Crippen LogP contribution in [-0.2, 0) is 6.54 Å². The largest absolute Gasteiger partial charge is 0.350 e. The van der Waals surface area contributed by atoms with Crippen molar-refractivity contribution in [1.29, 1.82) is 0 Å². The maximum absolute atomic E-state index is 4.53. The first-order chi connectivity index (χ1) is 11.2. The lowest BCUT2D eigenvalue weighted by molar-refractivity contribution is 1.03. The van der Waals surface area contributed by atoms with E-state index in [1.54, 1.807) is 0 Å². The fourth-order valence-electron chi connectivity index (χ4n) is 2.19. The molecule has 0 fully saturated rings. The van der Waals surface area contributed by atoms with Gasteiger partial charge >= 0.3 is 0 Å². The lowest BCUT2D eigenvalue weighted by Crippen LogP contribution is -2.06. The maximum Gasteiger partial charge on any atom is 0.225 e. The highest BCUT2D eigenvalue weighted by atomic mass is 79.9. The summed E-state index contributed by atoms with van der Waals surface area (Å²) < 4.78 is 0.995. The van der Waals surface area contributed by atoms with Crippen LogP contribution in [0.2, 0.25) is 0 Å². The second-order valence-corrected chi connectivity index (χ2v) is 6.02. The van der Waals surface area contributed by atoms with E-state index in [-0.39, 0.29) is 0 Å². The van der Waals surface area contributed by atoms with Crippen molar-refractivity contribution >= 4 is 33.4 Å². The van der Waals surface area contributed by atoms with Crippen molar-refractivity contribution in [3.05, 3.63) is 76.4 Å². The van der Waals surface area contributed by atoms with Crippen LogP contribution in [0.3, 0.4) is 0 Å². The summed E-state index contributed by atoms with van der Waals surface area (Å²) in [5.74, 6) is 1.38. The van der Waals surface area contributed by atoms with E-state index < -0.39 is 0 Å². The third-order valence-electron chi connectivity index (χ3n) is 3.28. The van der Waals surface area contributed by atoms with E-state index in [0.29, 0.717) is 12.5 Å². The highest BCUT2D eigenvalue weighted by Crippen LogP contribution is 2.25. The van der Waals surface area contributed by atoms with E-state index in [1.165, 1.54) is 5.56 Å². The smallest absolute Gasteiger partial charge is 0.225 e. The van der Waals surface area contributed by atoms with Gasteiger partial charge in [-0.05, 0) is 40.5 Å². The summed E-state index contributed by atoms with van der Waals surface area (Å²) in [6.07, 6.45) is 0. The van der Waals surface area contributed by atoms with Crippen molar-refractivity contribution in [2.45, 2.75) is 13.5 Å². The van der Waals surface area contributed by atoms with Crippen LogP contribution in [0.1, 0.15) is 11.3 Å². The predicted octanol–water partition coefficient (Wildman–Crippen LogP) is 4.90. The van der Waals surface area contributed by atoms with Gasteiger partial charge in [0.15, 0.2) is 0 Å². The van der Waals surface area contributed by atoms with Gasteiger partial charge in [-0.25, -0.2) is 4.98 Å². The van der Waals surface area contributed by atoms with Crippen molar-refractivity contribution in [2.24, 2.45) is 0 Å². The molecule has 2 N–H and O–H groups in total. The highest BCUT2D eigenvalue weighted by Gasteiger charge is 2.04. The van der Waals surface area contributed by atoms with E-state index >= 15 is 0 Å². The van der Waals surface area contributed by atoms with Crippen LogP contribution in [0.25, 0.3) is 0 Å². The van der Waals surface area contributed by atoms with Crippen molar-refractivity contribution in [3.8, 4) is 0 Å². The number of hydrogen-bond donors (Lipinski definition) is 2. The number of nitrogens with zero attached hydrogens (tertiary/aromatic N) is 2. The molecule has 0 atom stereocenters. The molecule has 0 unspecified atom stereocenters. The molecule has 3 aromatic rings. The lowest BCUT2D eigenvalue weighted by Gasteiger charge is -2.11. The first-order valence-electron chi connectivity index (χ1n) is 7.36. The van der Waals surface area contributed by atoms with Crippen LogP contribution in [-0.4, -0.2) is 9.97 Å². The molecular formula is C18H17BrN4. The Balaban J connectivity index is 1.75. The Kier molecular flexibility index (Phi) is 4.88. The van der Waals surface area contributed by atoms with Gasteiger partial charge in [-0.15, -0.1) is 0 Å². The number of para-hydroxylation sites is 1. The number of hydrogen-bond acceptors (Lipinski definition) is 4. The van der Waals surface area contributed by atoms with Gasteiger partial charge in [-0.1, -0.05) is 42.5 Å². The Morgan fingerprint density at radius 2 is 1.70 bits per heavy atom. The van der Waals surface area contributed by atoms with Gasteiger partial charge in [0.2, 0.25) is 5.95 Å². The summed E-state index contributed by atoms with van der Waals surface area (Å²) in [6, 6.07) is 20.1. The molecule has 0 aliphatic rings. The minimum absolute atomic E-state index is 0.614. The highest BCUT2D eigenvalue weighted by molar-refractivity contribution is 9.10. The molecule has 23 heavy (non-hydrogen) atoms. The number of aromatic nitrogens is 2. The zero-order valence-corrected chi connectivity index (χ0v) is 14.3. The van der Waals surface area contributed by atoms with Crippen LogP contribution in [0.4, 0.5) is 17.5 Å². The maximum atomic E-state index is 4.53. The Hall–Kier alpha value is -2.40. The van der Waals surface area contributed by atoms with E-state index in [1.807, 2.05) is 55.5 Å². The molecule has 2 aromatic carbocycles. The summed E-state index contributed by atoms with van der Waals surface area (Å²) in [4.78, 5) is 8.97. The molecule has 0 radical (unpaired) electrons. The molecule has 1 heterocycles. The Labute approximate surface area is 144 Å². The predicted molar refractivity (Wildman–Crippen MR) is 98.0 cm³/mol.